The summed E-state index contributed by atoms with van der Waals surface area (Å²) in [6.45, 7) is 8.38. The first-order valence-corrected chi connectivity index (χ1v) is 13.9. The maximum Gasteiger partial charge on any atom is 0.196 e. The predicted octanol–water partition coefficient (Wildman–Crippen LogP) is 5.16. The van der Waals surface area contributed by atoms with Crippen molar-refractivity contribution in [3.8, 4) is 0 Å². The zero-order valence-corrected chi connectivity index (χ0v) is 23.1. The number of anilines is 1. The van der Waals surface area contributed by atoms with Gasteiger partial charge >= 0.3 is 0 Å². The van der Waals surface area contributed by atoms with E-state index in [1.165, 1.54) is 6.07 Å². The van der Waals surface area contributed by atoms with Crippen molar-refractivity contribution in [1.29, 1.82) is 0 Å². The number of benzene rings is 1. The van der Waals surface area contributed by atoms with E-state index in [4.69, 9.17) is 14.1 Å². The van der Waals surface area contributed by atoms with Crippen LogP contribution in [0.5, 0.6) is 0 Å². The third kappa shape index (κ3) is 7.00. The van der Waals surface area contributed by atoms with E-state index >= 15 is 0 Å². The summed E-state index contributed by atoms with van der Waals surface area (Å²) in [5, 5.41) is 6.62. The van der Waals surface area contributed by atoms with Crippen molar-refractivity contribution >= 4 is 28.0 Å². The van der Waals surface area contributed by atoms with Crippen LogP contribution in [0.15, 0.2) is 59.3 Å². The summed E-state index contributed by atoms with van der Waals surface area (Å²) in [5.74, 6) is 2.43. The van der Waals surface area contributed by atoms with Crippen molar-refractivity contribution in [2.24, 2.45) is 5.92 Å². The Balaban J connectivity index is 1.10. The zero-order chi connectivity index (χ0) is 27.7. The molecule has 0 atom stereocenters. The highest BCUT2D eigenvalue weighted by atomic mass is 19.1. The second kappa shape index (κ2) is 13.5. The van der Waals surface area contributed by atoms with E-state index in [1.54, 1.807) is 24.5 Å². The molecule has 5 rings (SSSR count). The number of imidazole rings is 1. The first-order valence-electron chi connectivity index (χ1n) is 13.9. The molecule has 40 heavy (non-hydrogen) atoms. The summed E-state index contributed by atoms with van der Waals surface area (Å²) in [5.41, 5.74) is 3.78. The molecule has 0 fully saturated rings. The summed E-state index contributed by atoms with van der Waals surface area (Å²) < 4.78 is 28.0. The number of para-hydroxylation sites is 2. The summed E-state index contributed by atoms with van der Waals surface area (Å²) in [6, 6.07) is 13.0. The summed E-state index contributed by atoms with van der Waals surface area (Å²) in [7, 11) is 0. The lowest BCUT2D eigenvalue weighted by Gasteiger charge is -2.11. The lowest BCUT2D eigenvalue weighted by molar-refractivity contribution is 0.103. The lowest BCUT2D eigenvalue weighted by Crippen LogP contribution is -2.20. The van der Waals surface area contributed by atoms with Crippen molar-refractivity contribution < 1.29 is 13.5 Å². The molecule has 0 saturated heterocycles. The normalized spacial score (nSPS) is 11.7. The smallest absolute Gasteiger partial charge is 0.196 e. The van der Waals surface area contributed by atoms with Gasteiger partial charge in [0.1, 0.15) is 11.6 Å². The SMILES string of the molecule is CC(C)COCCn1c(CCCNCCc2nc3c(NCc4ncccc4F)nccc3o2)nc2ccccc21. The molecule has 0 aliphatic rings. The number of pyridine rings is 2. The van der Waals surface area contributed by atoms with Crippen molar-refractivity contribution in [2.45, 2.75) is 46.2 Å². The van der Waals surface area contributed by atoms with Gasteiger partial charge in [-0.1, -0.05) is 26.0 Å². The van der Waals surface area contributed by atoms with Gasteiger partial charge in [-0.3, -0.25) is 4.98 Å². The molecular weight excluding hydrogens is 509 g/mol. The minimum Gasteiger partial charge on any atom is -0.440 e. The van der Waals surface area contributed by atoms with Crippen LogP contribution >= 0.6 is 0 Å². The molecule has 0 radical (unpaired) electrons. The minimum atomic E-state index is -0.359. The van der Waals surface area contributed by atoms with Crippen LogP contribution in [0, 0.1) is 11.7 Å². The number of aromatic nitrogens is 5. The second-order valence-electron chi connectivity index (χ2n) is 10.1. The molecule has 0 saturated carbocycles. The van der Waals surface area contributed by atoms with E-state index in [0.717, 1.165) is 55.9 Å². The van der Waals surface area contributed by atoms with Crippen LogP contribution in [0.2, 0.25) is 0 Å². The molecule has 0 aliphatic heterocycles. The quantitative estimate of drug-likeness (QED) is 0.174. The van der Waals surface area contributed by atoms with E-state index in [1.807, 2.05) is 6.07 Å². The number of aryl methyl sites for hydroxylation is 1. The minimum absolute atomic E-state index is 0.210. The number of fused-ring (bicyclic) bond motifs is 2. The Morgan fingerprint density at radius 1 is 1.00 bits per heavy atom. The van der Waals surface area contributed by atoms with E-state index < -0.39 is 0 Å². The Morgan fingerprint density at radius 3 is 2.77 bits per heavy atom. The number of rotatable bonds is 15. The molecule has 0 aliphatic carbocycles. The Morgan fingerprint density at radius 2 is 1.90 bits per heavy atom. The number of hydrogen-bond acceptors (Lipinski definition) is 8. The molecule has 0 spiro atoms. The fourth-order valence-electron chi connectivity index (χ4n) is 4.59. The van der Waals surface area contributed by atoms with Crippen LogP contribution in [-0.4, -0.2) is 50.8 Å². The molecule has 210 valence electrons. The van der Waals surface area contributed by atoms with Crippen molar-refractivity contribution in [3.05, 3.63) is 78.1 Å². The average Bonchev–Trinajstić information content (AvgIpc) is 3.53. The van der Waals surface area contributed by atoms with E-state index in [9.17, 15) is 4.39 Å². The zero-order valence-electron chi connectivity index (χ0n) is 23.1. The molecule has 10 heteroatoms. The van der Waals surface area contributed by atoms with Crippen molar-refractivity contribution in [3.63, 3.8) is 0 Å². The van der Waals surface area contributed by atoms with Crippen molar-refractivity contribution in [1.82, 2.24) is 29.8 Å². The molecule has 4 aromatic heterocycles. The molecule has 4 heterocycles. The summed E-state index contributed by atoms with van der Waals surface area (Å²) in [6.07, 6.45) is 5.71. The summed E-state index contributed by atoms with van der Waals surface area (Å²) >= 11 is 0. The number of nitrogens with zero attached hydrogens (tertiary/aromatic N) is 5. The molecule has 2 N–H and O–H groups in total. The standard InChI is InChI=1S/C30H36FN7O2/c1-21(2)20-39-18-17-38-25-9-4-3-8-23(25)36-27(38)10-6-13-32-15-12-28-37-29-26(40-28)11-16-34-30(29)35-19-24-22(31)7-5-14-33-24/h3-5,7-9,11,14,16,21,32H,6,10,12-13,15,17-20H2,1-2H3,(H,34,35). The van der Waals surface area contributed by atoms with Gasteiger partial charge in [-0.15, -0.1) is 0 Å². The van der Waals surface area contributed by atoms with Crippen LogP contribution < -0.4 is 10.6 Å². The number of hydrogen-bond donors (Lipinski definition) is 2. The third-order valence-electron chi connectivity index (χ3n) is 6.52. The second-order valence-corrected chi connectivity index (χ2v) is 10.1. The fourth-order valence-corrected chi connectivity index (χ4v) is 4.59. The molecule has 0 unspecified atom stereocenters. The highest BCUT2D eigenvalue weighted by Crippen LogP contribution is 2.22. The third-order valence-corrected chi connectivity index (χ3v) is 6.52. The van der Waals surface area contributed by atoms with Gasteiger partial charge < -0.3 is 24.4 Å². The highest BCUT2D eigenvalue weighted by Gasteiger charge is 2.13. The number of nitrogens with one attached hydrogen (secondary N) is 2. The first kappa shape index (κ1) is 27.7. The highest BCUT2D eigenvalue weighted by molar-refractivity contribution is 5.83. The molecular formula is C30H36FN7O2. The number of halogens is 1. The lowest BCUT2D eigenvalue weighted by atomic mass is 10.2. The predicted molar refractivity (Wildman–Crippen MR) is 154 cm³/mol. The number of oxazole rings is 1. The van der Waals surface area contributed by atoms with Crippen LogP contribution in [0.1, 0.15) is 37.7 Å². The Kier molecular flexibility index (Phi) is 9.30. The van der Waals surface area contributed by atoms with Crippen LogP contribution in [-0.2, 0) is 30.7 Å². The van der Waals surface area contributed by atoms with Gasteiger partial charge in [-0.05, 0) is 43.1 Å². The van der Waals surface area contributed by atoms with Gasteiger partial charge in [0.15, 0.2) is 22.8 Å². The average molecular weight is 546 g/mol. The Hall–Kier alpha value is -3.89. The molecule has 5 aromatic rings. The molecule has 1 aromatic carbocycles. The van der Waals surface area contributed by atoms with Crippen LogP contribution in [0.25, 0.3) is 22.1 Å². The van der Waals surface area contributed by atoms with Crippen molar-refractivity contribution in [2.75, 3.05) is 31.6 Å². The van der Waals surface area contributed by atoms with E-state index in [-0.39, 0.29) is 12.4 Å². The monoisotopic (exact) mass is 545 g/mol. The Labute approximate surface area is 233 Å². The van der Waals surface area contributed by atoms with Gasteiger partial charge in [-0.25, -0.2) is 19.3 Å². The summed E-state index contributed by atoms with van der Waals surface area (Å²) in [4.78, 5) is 17.9. The molecule has 9 nitrogen and oxygen atoms in total. The van der Waals surface area contributed by atoms with Gasteiger partial charge in [-0.2, -0.15) is 0 Å². The van der Waals surface area contributed by atoms with Gasteiger partial charge in [0, 0.05) is 51.0 Å². The van der Waals surface area contributed by atoms with Crippen LogP contribution in [0.3, 0.4) is 0 Å². The maximum atomic E-state index is 13.9. The van der Waals surface area contributed by atoms with Crippen LogP contribution in [0.4, 0.5) is 10.2 Å². The largest absolute Gasteiger partial charge is 0.440 e. The maximum absolute atomic E-state index is 13.9. The van der Waals surface area contributed by atoms with E-state index in [2.05, 4.69) is 62.2 Å². The molecule has 0 bridgehead atoms. The Bertz CT molecular complexity index is 1530. The van der Waals surface area contributed by atoms with Gasteiger partial charge in [0.2, 0.25) is 0 Å². The van der Waals surface area contributed by atoms with Gasteiger partial charge in [0.05, 0.1) is 29.9 Å². The molecule has 0 amide bonds. The fraction of sp³-hybridized carbons (Fsp3) is 0.400. The first-order chi connectivity index (χ1) is 19.6. The van der Waals surface area contributed by atoms with E-state index in [0.29, 0.717) is 47.4 Å². The number of ether oxygens (including phenoxy) is 1. The van der Waals surface area contributed by atoms with Gasteiger partial charge in [0.25, 0.3) is 0 Å². The topological polar surface area (TPSA) is 103 Å².